The second-order valence-electron chi connectivity index (χ2n) is 5.33. The fourth-order valence-corrected chi connectivity index (χ4v) is 2.23. The van der Waals surface area contributed by atoms with Gasteiger partial charge in [-0.1, -0.05) is 0 Å². The molecule has 16 heavy (non-hydrogen) atoms. The van der Waals surface area contributed by atoms with Gasteiger partial charge < -0.3 is 10.3 Å². The molecule has 0 atom stereocenters. The van der Waals surface area contributed by atoms with Gasteiger partial charge in [-0.3, -0.25) is 4.79 Å². The molecule has 1 heterocycles. The van der Waals surface area contributed by atoms with Gasteiger partial charge >= 0.3 is 0 Å². The molecular formula is C12H17N3O. The third-order valence-electron chi connectivity index (χ3n) is 3.61. The fraction of sp³-hybridized carbons (Fsp3) is 0.667. The Hall–Kier alpha value is -1.32. The van der Waals surface area contributed by atoms with Crippen LogP contribution in [0.5, 0.6) is 0 Å². The highest BCUT2D eigenvalue weighted by Gasteiger charge is 2.32. The van der Waals surface area contributed by atoms with Crippen LogP contribution in [-0.4, -0.2) is 15.5 Å². The number of H-pyrrole nitrogens is 1. The van der Waals surface area contributed by atoms with Gasteiger partial charge in [0, 0.05) is 17.5 Å². The highest BCUT2D eigenvalue weighted by molar-refractivity contribution is 5.38. The molecule has 2 aliphatic rings. The van der Waals surface area contributed by atoms with E-state index in [1.165, 1.54) is 19.3 Å². The maximum atomic E-state index is 11.5. The molecule has 1 aromatic heterocycles. The summed E-state index contributed by atoms with van der Waals surface area (Å²) in [5, 5.41) is 3.39. The molecular weight excluding hydrogens is 202 g/mol. The van der Waals surface area contributed by atoms with Crippen molar-refractivity contribution >= 4 is 5.82 Å². The quantitative estimate of drug-likeness (QED) is 0.817. The van der Waals surface area contributed by atoms with E-state index < -0.39 is 0 Å². The highest BCUT2D eigenvalue weighted by Crippen LogP contribution is 2.38. The Labute approximate surface area is 94.5 Å². The minimum Gasteiger partial charge on any atom is -0.365 e. The monoisotopic (exact) mass is 219 g/mol. The van der Waals surface area contributed by atoms with Gasteiger partial charge in [0.05, 0.1) is 0 Å². The first-order valence-corrected chi connectivity index (χ1v) is 6.04. The normalized spacial score (nSPS) is 22.6. The minimum atomic E-state index is -0.0395. The van der Waals surface area contributed by atoms with E-state index >= 15 is 0 Å². The minimum absolute atomic E-state index is 0.0395. The average Bonchev–Trinajstić information content (AvgIpc) is 2.97. The summed E-state index contributed by atoms with van der Waals surface area (Å²) in [7, 11) is 0. The Morgan fingerprint density at radius 2 is 2.25 bits per heavy atom. The number of hydrogen-bond acceptors (Lipinski definition) is 3. The van der Waals surface area contributed by atoms with Crippen LogP contribution < -0.4 is 10.9 Å². The number of hydrogen-bond donors (Lipinski definition) is 2. The predicted octanol–water partition coefficient (Wildman–Crippen LogP) is 2.00. The van der Waals surface area contributed by atoms with Crippen LogP contribution in [0.2, 0.25) is 0 Å². The topological polar surface area (TPSA) is 57.8 Å². The van der Waals surface area contributed by atoms with Crippen molar-refractivity contribution in [1.29, 1.82) is 0 Å². The summed E-state index contributed by atoms with van der Waals surface area (Å²) in [6, 6.07) is 1.56. The van der Waals surface area contributed by atoms with Crippen LogP contribution in [0.15, 0.2) is 10.9 Å². The van der Waals surface area contributed by atoms with Gasteiger partial charge in [-0.2, -0.15) is 0 Å². The van der Waals surface area contributed by atoms with Gasteiger partial charge in [0.25, 0.3) is 5.56 Å². The first-order valence-electron chi connectivity index (χ1n) is 6.04. The molecule has 0 unspecified atom stereocenters. The molecule has 0 radical (unpaired) electrons. The van der Waals surface area contributed by atoms with Gasteiger partial charge in [-0.05, 0) is 39.0 Å². The molecule has 0 saturated heterocycles. The van der Waals surface area contributed by atoms with Crippen LogP contribution >= 0.6 is 0 Å². The van der Waals surface area contributed by atoms with E-state index in [-0.39, 0.29) is 11.1 Å². The molecule has 2 N–H and O–H groups in total. The van der Waals surface area contributed by atoms with E-state index in [0.29, 0.717) is 5.92 Å². The maximum Gasteiger partial charge on any atom is 0.252 e. The predicted molar refractivity (Wildman–Crippen MR) is 62.7 cm³/mol. The van der Waals surface area contributed by atoms with E-state index in [2.05, 4.69) is 22.2 Å². The van der Waals surface area contributed by atoms with Gasteiger partial charge in [-0.15, -0.1) is 0 Å². The Morgan fingerprint density at radius 3 is 2.81 bits per heavy atom. The smallest absolute Gasteiger partial charge is 0.252 e. The zero-order chi connectivity index (χ0) is 11.2. The number of rotatable bonds is 3. The molecule has 2 fully saturated rings. The van der Waals surface area contributed by atoms with E-state index in [4.69, 9.17) is 0 Å². The van der Waals surface area contributed by atoms with Crippen molar-refractivity contribution in [3.8, 4) is 0 Å². The Balaban J connectivity index is 1.85. The van der Waals surface area contributed by atoms with Gasteiger partial charge in [0.2, 0.25) is 0 Å². The SMILES string of the molecule is CC1(Nc2cc(=O)[nH]c(C3CC3)n2)CCC1. The lowest BCUT2D eigenvalue weighted by molar-refractivity contribution is 0.305. The van der Waals surface area contributed by atoms with Crippen LogP contribution in [-0.2, 0) is 0 Å². The lowest BCUT2D eigenvalue weighted by Gasteiger charge is -2.39. The Bertz CT molecular complexity index is 458. The van der Waals surface area contributed by atoms with Gasteiger partial charge in [0.15, 0.2) is 0 Å². The second kappa shape index (κ2) is 3.34. The number of aromatic amines is 1. The van der Waals surface area contributed by atoms with Crippen LogP contribution in [0.4, 0.5) is 5.82 Å². The molecule has 0 spiro atoms. The number of nitrogens with zero attached hydrogens (tertiary/aromatic N) is 1. The van der Waals surface area contributed by atoms with Gasteiger partial charge in [-0.25, -0.2) is 4.98 Å². The molecule has 1 aromatic rings. The average molecular weight is 219 g/mol. The largest absolute Gasteiger partial charge is 0.365 e. The summed E-state index contributed by atoms with van der Waals surface area (Å²) < 4.78 is 0. The first kappa shape index (κ1) is 9.87. The summed E-state index contributed by atoms with van der Waals surface area (Å²) in [5.74, 6) is 2.09. The van der Waals surface area contributed by atoms with E-state index in [0.717, 1.165) is 24.5 Å². The van der Waals surface area contributed by atoms with Gasteiger partial charge in [0.1, 0.15) is 11.6 Å². The van der Waals surface area contributed by atoms with Crippen molar-refractivity contribution in [2.75, 3.05) is 5.32 Å². The molecule has 86 valence electrons. The molecule has 0 aliphatic heterocycles. The lowest BCUT2D eigenvalue weighted by Crippen LogP contribution is -2.42. The lowest BCUT2D eigenvalue weighted by atomic mass is 9.78. The van der Waals surface area contributed by atoms with Crippen molar-refractivity contribution in [3.63, 3.8) is 0 Å². The molecule has 4 heteroatoms. The zero-order valence-corrected chi connectivity index (χ0v) is 9.55. The Morgan fingerprint density at radius 1 is 1.50 bits per heavy atom. The van der Waals surface area contributed by atoms with E-state index in [1.807, 2.05) is 0 Å². The third kappa shape index (κ3) is 1.84. The summed E-state index contributed by atoms with van der Waals surface area (Å²) >= 11 is 0. The molecule has 0 bridgehead atoms. The van der Waals surface area contributed by atoms with Crippen LogP contribution in [0.1, 0.15) is 50.8 Å². The van der Waals surface area contributed by atoms with Crippen molar-refractivity contribution < 1.29 is 0 Å². The zero-order valence-electron chi connectivity index (χ0n) is 9.55. The molecule has 2 saturated carbocycles. The van der Waals surface area contributed by atoms with E-state index in [1.54, 1.807) is 6.07 Å². The first-order chi connectivity index (χ1) is 7.65. The second-order valence-corrected chi connectivity index (χ2v) is 5.33. The highest BCUT2D eigenvalue weighted by atomic mass is 16.1. The summed E-state index contributed by atoms with van der Waals surface area (Å²) in [5.41, 5.74) is 0.115. The van der Waals surface area contributed by atoms with E-state index in [9.17, 15) is 4.79 Å². The summed E-state index contributed by atoms with van der Waals surface area (Å²) in [6.45, 7) is 2.19. The molecule has 3 rings (SSSR count). The number of anilines is 1. The van der Waals surface area contributed by atoms with Crippen molar-refractivity contribution in [2.45, 2.75) is 50.5 Å². The molecule has 4 nitrogen and oxygen atoms in total. The molecule has 0 amide bonds. The number of nitrogens with one attached hydrogen (secondary N) is 2. The summed E-state index contributed by atoms with van der Waals surface area (Å²) in [4.78, 5) is 18.8. The third-order valence-corrected chi connectivity index (χ3v) is 3.61. The standard InChI is InChI=1S/C12H17N3O/c1-12(5-2-6-12)15-9-7-10(16)14-11(13-9)8-3-4-8/h7-8H,2-6H2,1H3,(H2,13,14,15,16). The van der Waals surface area contributed by atoms with Crippen LogP contribution in [0.25, 0.3) is 0 Å². The van der Waals surface area contributed by atoms with Crippen molar-refractivity contribution in [1.82, 2.24) is 9.97 Å². The van der Waals surface area contributed by atoms with Crippen LogP contribution in [0, 0.1) is 0 Å². The Kier molecular flexibility index (Phi) is 2.06. The van der Waals surface area contributed by atoms with Crippen molar-refractivity contribution in [3.05, 3.63) is 22.2 Å². The number of aromatic nitrogens is 2. The maximum absolute atomic E-state index is 11.5. The molecule has 0 aromatic carbocycles. The molecule has 2 aliphatic carbocycles. The summed E-state index contributed by atoms with van der Waals surface area (Å²) in [6.07, 6.45) is 5.91. The van der Waals surface area contributed by atoms with Crippen molar-refractivity contribution in [2.24, 2.45) is 0 Å². The fourth-order valence-electron chi connectivity index (χ4n) is 2.23. The van der Waals surface area contributed by atoms with Crippen LogP contribution in [0.3, 0.4) is 0 Å².